The Kier molecular flexibility index (Phi) is 4.17. The number of aromatic amines is 1. The van der Waals surface area contributed by atoms with Crippen LogP contribution in [0.4, 0.5) is 5.69 Å². The van der Waals surface area contributed by atoms with Gasteiger partial charge in [0.05, 0.1) is 37.3 Å². The maximum atomic E-state index is 5.45. The largest absolute Gasteiger partial charge is 0.497 e. The molecule has 0 bridgehead atoms. The molecule has 1 atom stereocenters. The van der Waals surface area contributed by atoms with Crippen LogP contribution in [0.5, 0.6) is 11.5 Å². The van der Waals surface area contributed by atoms with Gasteiger partial charge < -0.3 is 14.8 Å². The van der Waals surface area contributed by atoms with E-state index in [2.05, 4.69) is 22.4 Å². The molecule has 1 unspecified atom stereocenters. The summed E-state index contributed by atoms with van der Waals surface area (Å²) in [5.41, 5.74) is 4.10. The molecule has 0 amide bonds. The fraction of sp³-hybridized carbons (Fsp3) is 0.400. The molecule has 1 heterocycles. The second-order valence-electron chi connectivity index (χ2n) is 4.78. The van der Waals surface area contributed by atoms with Gasteiger partial charge in [0.25, 0.3) is 0 Å². The predicted molar refractivity (Wildman–Crippen MR) is 79.6 cm³/mol. The minimum Gasteiger partial charge on any atom is -0.497 e. The summed E-state index contributed by atoms with van der Waals surface area (Å²) in [5, 5.41) is 10.6. The number of anilines is 1. The lowest BCUT2D eigenvalue weighted by molar-refractivity contribution is 0.390. The molecule has 2 N–H and O–H groups in total. The monoisotopic (exact) mass is 275 g/mol. The quantitative estimate of drug-likeness (QED) is 0.879. The van der Waals surface area contributed by atoms with Crippen molar-refractivity contribution in [2.45, 2.75) is 26.8 Å². The third kappa shape index (κ3) is 2.71. The van der Waals surface area contributed by atoms with Gasteiger partial charge >= 0.3 is 0 Å². The number of hydrogen-bond acceptors (Lipinski definition) is 4. The minimum absolute atomic E-state index is 0.103. The average Bonchev–Trinajstić information content (AvgIpc) is 2.78. The third-order valence-corrected chi connectivity index (χ3v) is 3.40. The molecule has 0 saturated carbocycles. The Morgan fingerprint density at radius 1 is 1.20 bits per heavy atom. The van der Waals surface area contributed by atoms with Gasteiger partial charge in [-0.3, -0.25) is 5.10 Å². The van der Waals surface area contributed by atoms with Crippen LogP contribution in [0.25, 0.3) is 0 Å². The molecule has 2 aromatic rings. The van der Waals surface area contributed by atoms with E-state index in [9.17, 15) is 0 Å². The number of benzene rings is 1. The standard InChI is InChI=1S/C15H21N3O2/c1-9(16-15-10(2)17-18-11(15)3)13-7-6-12(19-4)8-14(13)20-5/h6-9,16H,1-5H3,(H,17,18). The van der Waals surface area contributed by atoms with Crippen LogP contribution in [-0.4, -0.2) is 24.4 Å². The van der Waals surface area contributed by atoms with Crippen LogP contribution in [0.2, 0.25) is 0 Å². The lowest BCUT2D eigenvalue weighted by atomic mass is 10.1. The molecule has 0 aliphatic heterocycles. The summed E-state index contributed by atoms with van der Waals surface area (Å²) in [5.74, 6) is 1.59. The van der Waals surface area contributed by atoms with Crippen molar-refractivity contribution in [1.82, 2.24) is 10.2 Å². The van der Waals surface area contributed by atoms with E-state index in [0.717, 1.165) is 34.1 Å². The summed E-state index contributed by atoms with van der Waals surface area (Å²) in [6, 6.07) is 5.94. The van der Waals surface area contributed by atoms with Gasteiger partial charge in [-0.15, -0.1) is 0 Å². The van der Waals surface area contributed by atoms with E-state index in [0.29, 0.717) is 0 Å². The lowest BCUT2D eigenvalue weighted by Gasteiger charge is -2.19. The zero-order valence-corrected chi connectivity index (χ0v) is 12.6. The topological polar surface area (TPSA) is 59.2 Å². The molecule has 0 saturated heterocycles. The van der Waals surface area contributed by atoms with E-state index < -0.39 is 0 Å². The third-order valence-electron chi connectivity index (χ3n) is 3.40. The molecule has 0 aliphatic rings. The number of H-pyrrole nitrogens is 1. The van der Waals surface area contributed by atoms with Crippen molar-refractivity contribution in [2.24, 2.45) is 0 Å². The summed E-state index contributed by atoms with van der Waals surface area (Å²) in [4.78, 5) is 0. The van der Waals surface area contributed by atoms with Crippen LogP contribution in [0, 0.1) is 13.8 Å². The van der Waals surface area contributed by atoms with Gasteiger partial charge in [-0.25, -0.2) is 0 Å². The highest BCUT2D eigenvalue weighted by molar-refractivity contribution is 5.54. The van der Waals surface area contributed by atoms with Crippen LogP contribution < -0.4 is 14.8 Å². The van der Waals surface area contributed by atoms with E-state index in [-0.39, 0.29) is 6.04 Å². The van der Waals surface area contributed by atoms with Gasteiger partial charge in [0.2, 0.25) is 0 Å². The molecule has 0 fully saturated rings. The van der Waals surface area contributed by atoms with Gasteiger partial charge in [-0.05, 0) is 32.9 Å². The number of nitrogens with zero attached hydrogens (tertiary/aromatic N) is 1. The molecule has 1 aromatic carbocycles. The summed E-state index contributed by atoms with van der Waals surface area (Å²) >= 11 is 0. The van der Waals surface area contributed by atoms with Crippen molar-refractivity contribution in [3.63, 3.8) is 0 Å². The normalized spacial score (nSPS) is 12.1. The van der Waals surface area contributed by atoms with Crippen molar-refractivity contribution in [2.75, 3.05) is 19.5 Å². The number of aromatic nitrogens is 2. The second kappa shape index (κ2) is 5.86. The number of rotatable bonds is 5. The molecule has 0 aliphatic carbocycles. The average molecular weight is 275 g/mol. The van der Waals surface area contributed by atoms with Gasteiger partial charge in [0, 0.05) is 11.6 Å². The SMILES string of the molecule is COc1ccc(C(C)Nc2c(C)n[nH]c2C)c(OC)c1. The van der Waals surface area contributed by atoms with Crippen molar-refractivity contribution in [3.8, 4) is 11.5 Å². The summed E-state index contributed by atoms with van der Waals surface area (Å²) in [6.07, 6.45) is 0. The fourth-order valence-corrected chi connectivity index (χ4v) is 2.23. The van der Waals surface area contributed by atoms with Crippen LogP contribution >= 0.6 is 0 Å². The number of methoxy groups -OCH3 is 2. The maximum absolute atomic E-state index is 5.45. The Hall–Kier alpha value is -2.17. The molecule has 20 heavy (non-hydrogen) atoms. The molecule has 0 spiro atoms. The molecule has 2 rings (SSSR count). The molecule has 1 aromatic heterocycles. The Morgan fingerprint density at radius 3 is 2.50 bits per heavy atom. The van der Waals surface area contributed by atoms with Crippen LogP contribution in [0.1, 0.15) is 29.9 Å². The highest BCUT2D eigenvalue weighted by atomic mass is 16.5. The van der Waals surface area contributed by atoms with Crippen LogP contribution in [-0.2, 0) is 0 Å². The Labute approximate surface area is 119 Å². The first-order chi connectivity index (χ1) is 9.56. The molecule has 108 valence electrons. The van der Waals surface area contributed by atoms with E-state index in [1.165, 1.54) is 0 Å². The number of ether oxygens (including phenoxy) is 2. The zero-order valence-electron chi connectivity index (χ0n) is 12.6. The molecule has 5 nitrogen and oxygen atoms in total. The first-order valence-corrected chi connectivity index (χ1v) is 6.56. The summed E-state index contributed by atoms with van der Waals surface area (Å²) < 4.78 is 10.7. The van der Waals surface area contributed by atoms with Crippen molar-refractivity contribution < 1.29 is 9.47 Å². The van der Waals surface area contributed by atoms with Crippen molar-refractivity contribution >= 4 is 5.69 Å². The second-order valence-corrected chi connectivity index (χ2v) is 4.78. The van der Waals surface area contributed by atoms with Crippen molar-refractivity contribution in [1.29, 1.82) is 0 Å². The van der Waals surface area contributed by atoms with Crippen LogP contribution in [0.15, 0.2) is 18.2 Å². The summed E-state index contributed by atoms with van der Waals surface area (Å²) in [6.45, 7) is 6.07. The number of nitrogens with one attached hydrogen (secondary N) is 2. The molecular formula is C15H21N3O2. The summed E-state index contributed by atoms with van der Waals surface area (Å²) in [7, 11) is 3.31. The Morgan fingerprint density at radius 2 is 1.95 bits per heavy atom. The first kappa shape index (κ1) is 14.2. The van der Waals surface area contributed by atoms with Gasteiger partial charge in [0.15, 0.2) is 0 Å². The van der Waals surface area contributed by atoms with E-state index in [4.69, 9.17) is 9.47 Å². The molecule has 0 radical (unpaired) electrons. The Balaban J connectivity index is 2.27. The smallest absolute Gasteiger partial charge is 0.127 e. The predicted octanol–water partition coefficient (Wildman–Crippen LogP) is 3.22. The number of aryl methyl sites for hydroxylation is 2. The highest BCUT2D eigenvalue weighted by Crippen LogP contribution is 2.32. The van der Waals surface area contributed by atoms with E-state index in [1.54, 1.807) is 14.2 Å². The van der Waals surface area contributed by atoms with E-state index >= 15 is 0 Å². The fourth-order valence-electron chi connectivity index (χ4n) is 2.23. The maximum Gasteiger partial charge on any atom is 0.127 e. The van der Waals surface area contributed by atoms with Gasteiger partial charge in [0.1, 0.15) is 11.5 Å². The molecule has 5 heteroatoms. The van der Waals surface area contributed by atoms with Gasteiger partial charge in [-0.1, -0.05) is 0 Å². The first-order valence-electron chi connectivity index (χ1n) is 6.56. The Bertz CT molecular complexity index is 573. The van der Waals surface area contributed by atoms with Crippen LogP contribution in [0.3, 0.4) is 0 Å². The number of hydrogen-bond donors (Lipinski definition) is 2. The van der Waals surface area contributed by atoms with E-state index in [1.807, 2.05) is 32.0 Å². The lowest BCUT2D eigenvalue weighted by Crippen LogP contribution is -2.09. The zero-order chi connectivity index (χ0) is 14.7. The highest BCUT2D eigenvalue weighted by Gasteiger charge is 2.15. The molecular weight excluding hydrogens is 254 g/mol. The minimum atomic E-state index is 0.103. The van der Waals surface area contributed by atoms with Gasteiger partial charge in [-0.2, -0.15) is 5.10 Å². The van der Waals surface area contributed by atoms with Crippen molar-refractivity contribution in [3.05, 3.63) is 35.2 Å².